The molecule has 0 N–H and O–H groups in total. The highest BCUT2D eigenvalue weighted by atomic mass is 32.2. The number of nitrogens with zero attached hydrogens (tertiary/aromatic N) is 4. The summed E-state index contributed by atoms with van der Waals surface area (Å²) in [6, 6.07) is 10.6. The van der Waals surface area contributed by atoms with Gasteiger partial charge in [-0.15, -0.1) is 0 Å². The SMILES string of the molecule is CCCc1ncc(-c2ccncc2)c([C@H]2CCCN2S(=O)(=O)c2ccc(C)cc2)n1. The average Bonchev–Trinajstić information content (AvgIpc) is 3.26. The molecule has 3 aromatic rings. The molecule has 4 rings (SSSR count). The molecule has 1 saturated heterocycles. The van der Waals surface area contributed by atoms with Gasteiger partial charge in [0.25, 0.3) is 0 Å². The van der Waals surface area contributed by atoms with Crippen LogP contribution in [0.1, 0.15) is 49.3 Å². The zero-order valence-corrected chi connectivity index (χ0v) is 18.1. The van der Waals surface area contributed by atoms with Gasteiger partial charge in [0.05, 0.1) is 16.6 Å². The van der Waals surface area contributed by atoms with Crippen molar-refractivity contribution in [1.29, 1.82) is 0 Å². The Morgan fingerprint density at radius 3 is 2.53 bits per heavy atom. The van der Waals surface area contributed by atoms with Crippen molar-refractivity contribution in [2.24, 2.45) is 0 Å². The molecule has 1 fully saturated rings. The number of aromatic nitrogens is 3. The summed E-state index contributed by atoms with van der Waals surface area (Å²) in [6.07, 6.45) is 8.54. The lowest BCUT2D eigenvalue weighted by Gasteiger charge is -2.25. The van der Waals surface area contributed by atoms with Crippen molar-refractivity contribution in [3.8, 4) is 11.1 Å². The summed E-state index contributed by atoms with van der Waals surface area (Å²) < 4.78 is 28.5. The van der Waals surface area contributed by atoms with Crippen LogP contribution in [0.3, 0.4) is 0 Å². The van der Waals surface area contributed by atoms with Crippen LogP contribution < -0.4 is 0 Å². The Morgan fingerprint density at radius 1 is 1.10 bits per heavy atom. The summed E-state index contributed by atoms with van der Waals surface area (Å²) >= 11 is 0. The first kappa shape index (κ1) is 20.6. The zero-order valence-electron chi connectivity index (χ0n) is 17.3. The van der Waals surface area contributed by atoms with E-state index >= 15 is 0 Å². The molecule has 1 aromatic carbocycles. The highest BCUT2D eigenvalue weighted by Crippen LogP contribution is 2.39. The number of hydrogen-bond acceptors (Lipinski definition) is 5. The van der Waals surface area contributed by atoms with Crippen LogP contribution in [-0.4, -0.2) is 34.2 Å². The molecular weight excluding hydrogens is 396 g/mol. The van der Waals surface area contributed by atoms with Crippen molar-refractivity contribution >= 4 is 10.0 Å². The highest BCUT2D eigenvalue weighted by molar-refractivity contribution is 7.89. The normalized spacial score (nSPS) is 17.3. The minimum atomic E-state index is -3.62. The zero-order chi connectivity index (χ0) is 21.1. The quantitative estimate of drug-likeness (QED) is 0.591. The monoisotopic (exact) mass is 422 g/mol. The fourth-order valence-electron chi connectivity index (χ4n) is 3.93. The summed E-state index contributed by atoms with van der Waals surface area (Å²) in [4.78, 5) is 13.8. The van der Waals surface area contributed by atoms with E-state index < -0.39 is 10.0 Å². The minimum Gasteiger partial charge on any atom is -0.265 e. The van der Waals surface area contributed by atoms with E-state index in [0.29, 0.717) is 11.4 Å². The lowest BCUT2D eigenvalue weighted by Crippen LogP contribution is -2.31. The summed E-state index contributed by atoms with van der Waals surface area (Å²) in [5.41, 5.74) is 3.63. The molecule has 1 aliphatic rings. The Balaban J connectivity index is 1.80. The summed E-state index contributed by atoms with van der Waals surface area (Å²) in [5.74, 6) is 0.755. The smallest absolute Gasteiger partial charge is 0.243 e. The predicted molar refractivity (Wildman–Crippen MR) is 116 cm³/mol. The molecule has 0 radical (unpaired) electrons. The standard InChI is InChI=1S/C23H26N4O2S/c1-3-5-22-25-16-20(18-11-13-24-14-12-18)23(26-22)21-6-4-15-27(21)30(28,29)19-9-7-17(2)8-10-19/h7-14,16,21H,3-6,15H2,1-2H3/t21-/m1/s1. The van der Waals surface area contributed by atoms with Crippen molar-refractivity contribution < 1.29 is 8.42 Å². The van der Waals surface area contributed by atoms with Gasteiger partial charge in [-0.3, -0.25) is 4.98 Å². The Morgan fingerprint density at radius 2 is 1.83 bits per heavy atom. The number of benzene rings is 1. The lowest BCUT2D eigenvalue weighted by molar-refractivity contribution is 0.390. The van der Waals surface area contributed by atoms with E-state index in [-0.39, 0.29) is 6.04 Å². The molecule has 2 aromatic heterocycles. The van der Waals surface area contributed by atoms with E-state index in [2.05, 4.69) is 16.9 Å². The molecule has 6 nitrogen and oxygen atoms in total. The van der Waals surface area contributed by atoms with Gasteiger partial charge in [-0.05, 0) is 56.0 Å². The van der Waals surface area contributed by atoms with Crippen LogP contribution in [-0.2, 0) is 16.4 Å². The van der Waals surface area contributed by atoms with Gasteiger partial charge >= 0.3 is 0 Å². The van der Waals surface area contributed by atoms with Crippen LogP contribution in [0.15, 0.2) is 59.9 Å². The summed E-state index contributed by atoms with van der Waals surface area (Å²) in [7, 11) is -3.62. The molecule has 0 bridgehead atoms. The van der Waals surface area contributed by atoms with Gasteiger partial charge in [0.2, 0.25) is 10.0 Å². The van der Waals surface area contributed by atoms with Gasteiger partial charge in [-0.2, -0.15) is 4.31 Å². The van der Waals surface area contributed by atoms with Crippen LogP contribution in [0, 0.1) is 6.92 Å². The van der Waals surface area contributed by atoms with Crippen LogP contribution in [0.4, 0.5) is 0 Å². The molecule has 156 valence electrons. The summed E-state index contributed by atoms with van der Waals surface area (Å²) in [6.45, 7) is 4.53. The maximum absolute atomic E-state index is 13.5. The van der Waals surface area contributed by atoms with Crippen molar-refractivity contribution in [2.75, 3.05) is 6.54 Å². The van der Waals surface area contributed by atoms with Gasteiger partial charge in [0, 0.05) is 37.1 Å². The Bertz CT molecular complexity index is 1120. The lowest BCUT2D eigenvalue weighted by atomic mass is 10.0. The maximum atomic E-state index is 13.5. The van der Waals surface area contributed by atoms with E-state index in [1.165, 1.54) is 0 Å². The van der Waals surface area contributed by atoms with Gasteiger partial charge < -0.3 is 0 Å². The molecule has 0 aliphatic carbocycles. The molecule has 0 saturated carbocycles. The predicted octanol–water partition coefficient (Wildman–Crippen LogP) is 4.33. The molecule has 7 heteroatoms. The fraction of sp³-hybridized carbons (Fsp3) is 0.348. The summed E-state index contributed by atoms with van der Waals surface area (Å²) in [5, 5.41) is 0. The van der Waals surface area contributed by atoms with Crippen LogP contribution in [0.2, 0.25) is 0 Å². The van der Waals surface area contributed by atoms with Crippen LogP contribution >= 0.6 is 0 Å². The van der Waals surface area contributed by atoms with Gasteiger partial charge in [-0.25, -0.2) is 18.4 Å². The average molecular weight is 423 g/mol. The molecule has 30 heavy (non-hydrogen) atoms. The second-order valence-electron chi connectivity index (χ2n) is 7.66. The minimum absolute atomic E-state index is 0.307. The molecular formula is C23H26N4O2S. The fourth-order valence-corrected chi connectivity index (χ4v) is 5.59. The van der Waals surface area contributed by atoms with E-state index in [4.69, 9.17) is 4.98 Å². The van der Waals surface area contributed by atoms with Crippen molar-refractivity contribution in [2.45, 2.75) is 50.5 Å². The third-order valence-electron chi connectivity index (χ3n) is 5.48. The molecule has 1 atom stereocenters. The van der Waals surface area contributed by atoms with Crippen LogP contribution in [0.5, 0.6) is 0 Å². The van der Waals surface area contributed by atoms with E-state index in [1.54, 1.807) is 28.8 Å². The molecule has 1 aliphatic heterocycles. The second-order valence-corrected chi connectivity index (χ2v) is 9.55. The second kappa shape index (κ2) is 8.62. The Labute approximate surface area is 178 Å². The van der Waals surface area contributed by atoms with Gasteiger partial charge in [0.1, 0.15) is 5.82 Å². The van der Waals surface area contributed by atoms with Crippen molar-refractivity contribution in [3.05, 3.63) is 72.1 Å². The number of pyridine rings is 1. The van der Waals surface area contributed by atoms with E-state index in [1.807, 2.05) is 37.4 Å². The largest absolute Gasteiger partial charge is 0.265 e. The van der Waals surface area contributed by atoms with Gasteiger partial charge in [0.15, 0.2) is 0 Å². The Kier molecular flexibility index (Phi) is 5.92. The number of rotatable bonds is 6. The molecule has 0 unspecified atom stereocenters. The first-order valence-electron chi connectivity index (χ1n) is 10.4. The number of sulfonamides is 1. The van der Waals surface area contributed by atoms with Crippen molar-refractivity contribution in [1.82, 2.24) is 19.3 Å². The molecule has 3 heterocycles. The molecule has 0 amide bonds. The number of aryl methyl sites for hydroxylation is 2. The van der Waals surface area contributed by atoms with E-state index in [0.717, 1.165) is 53.9 Å². The third kappa shape index (κ3) is 4.00. The van der Waals surface area contributed by atoms with E-state index in [9.17, 15) is 8.42 Å². The third-order valence-corrected chi connectivity index (χ3v) is 7.40. The highest BCUT2D eigenvalue weighted by Gasteiger charge is 2.38. The van der Waals surface area contributed by atoms with Crippen molar-refractivity contribution in [3.63, 3.8) is 0 Å². The molecule has 0 spiro atoms. The first-order chi connectivity index (χ1) is 14.5. The number of hydrogen-bond donors (Lipinski definition) is 0. The topological polar surface area (TPSA) is 76.1 Å². The Hall–Kier alpha value is -2.64. The van der Waals surface area contributed by atoms with Crippen LogP contribution in [0.25, 0.3) is 11.1 Å². The van der Waals surface area contributed by atoms with Gasteiger partial charge in [-0.1, -0.05) is 24.6 Å². The maximum Gasteiger partial charge on any atom is 0.243 e. The first-order valence-corrected chi connectivity index (χ1v) is 11.8.